The van der Waals surface area contributed by atoms with Crippen LogP contribution >= 0.6 is 0 Å². The fraction of sp³-hybridized carbons (Fsp3) is 0.500. The van der Waals surface area contributed by atoms with E-state index in [0.717, 1.165) is 19.5 Å². The molecule has 0 saturated carbocycles. The van der Waals surface area contributed by atoms with Gasteiger partial charge < -0.3 is 20.1 Å². The van der Waals surface area contributed by atoms with Gasteiger partial charge in [-0.15, -0.1) is 0 Å². The SMILES string of the molecule is CC1CNCC(NC(=O)c2ccc3c(c2)OCO3)C1. The molecule has 3 rings (SSSR count). The summed E-state index contributed by atoms with van der Waals surface area (Å²) >= 11 is 0. The maximum absolute atomic E-state index is 12.2. The molecule has 2 heterocycles. The molecule has 1 fully saturated rings. The maximum atomic E-state index is 12.2. The largest absolute Gasteiger partial charge is 0.454 e. The fourth-order valence-electron chi connectivity index (χ4n) is 2.57. The van der Waals surface area contributed by atoms with Crippen LogP contribution in [-0.4, -0.2) is 31.8 Å². The van der Waals surface area contributed by atoms with Gasteiger partial charge in [0.1, 0.15) is 0 Å². The van der Waals surface area contributed by atoms with Gasteiger partial charge in [0.2, 0.25) is 6.79 Å². The highest BCUT2D eigenvalue weighted by Gasteiger charge is 2.22. The molecule has 2 aliphatic rings. The maximum Gasteiger partial charge on any atom is 0.251 e. The molecule has 0 bridgehead atoms. The van der Waals surface area contributed by atoms with Crippen molar-refractivity contribution < 1.29 is 14.3 Å². The Bertz CT molecular complexity index is 490. The smallest absolute Gasteiger partial charge is 0.251 e. The summed E-state index contributed by atoms with van der Waals surface area (Å²) in [7, 11) is 0. The van der Waals surface area contributed by atoms with Gasteiger partial charge in [-0.3, -0.25) is 4.79 Å². The van der Waals surface area contributed by atoms with E-state index in [-0.39, 0.29) is 18.7 Å². The van der Waals surface area contributed by atoms with Crippen molar-refractivity contribution in [3.05, 3.63) is 23.8 Å². The lowest BCUT2D eigenvalue weighted by molar-refractivity contribution is 0.0925. The number of benzene rings is 1. The minimum Gasteiger partial charge on any atom is -0.454 e. The number of nitrogens with one attached hydrogen (secondary N) is 2. The molecule has 1 amide bonds. The number of piperidine rings is 1. The molecule has 0 aliphatic carbocycles. The molecule has 2 aliphatic heterocycles. The molecular weight excluding hydrogens is 244 g/mol. The lowest BCUT2D eigenvalue weighted by Crippen LogP contribution is -2.48. The third kappa shape index (κ3) is 2.66. The van der Waals surface area contributed by atoms with Crippen LogP contribution < -0.4 is 20.1 Å². The van der Waals surface area contributed by atoms with E-state index in [9.17, 15) is 4.79 Å². The topological polar surface area (TPSA) is 59.6 Å². The quantitative estimate of drug-likeness (QED) is 0.839. The molecule has 5 nitrogen and oxygen atoms in total. The fourth-order valence-corrected chi connectivity index (χ4v) is 2.57. The molecule has 1 saturated heterocycles. The molecule has 0 radical (unpaired) electrons. The Kier molecular flexibility index (Phi) is 3.29. The Labute approximate surface area is 112 Å². The van der Waals surface area contributed by atoms with Gasteiger partial charge >= 0.3 is 0 Å². The van der Waals surface area contributed by atoms with E-state index in [2.05, 4.69) is 17.6 Å². The van der Waals surface area contributed by atoms with E-state index >= 15 is 0 Å². The Morgan fingerprint density at radius 1 is 1.32 bits per heavy atom. The molecule has 2 N–H and O–H groups in total. The standard InChI is InChI=1S/C14H18N2O3/c1-9-4-11(7-15-6-9)16-14(17)10-2-3-12-13(5-10)19-8-18-12/h2-3,5,9,11,15H,4,6-8H2,1H3,(H,16,17). The summed E-state index contributed by atoms with van der Waals surface area (Å²) in [5.74, 6) is 1.88. The zero-order chi connectivity index (χ0) is 13.2. The van der Waals surface area contributed by atoms with Crippen LogP contribution in [0.25, 0.3) is 0 Å². The first-order valence-electron chi connectivity index (χ1n) is 6.63. The molecule has 1 aromatic rings. The van der Waals surface area contributed by atoms with E-state index in [1.54, 1.807) is 18.2 Å². The highest BCUT2D eigenvalue weighted by molar-refractivity contribution is 5.95. The summed E-state index contributed by atoms with van der Waals surface area (Å²) in [6.45, 7) is 4.27. The van der Waals surface area contributed by atoms with Crippen molar-refractivity contribution in [2.75, 3.05) is 19.9 Å². The Morgan fingerprint density at radius 3 is 3.00 bits per heavy atom. The van der Waals surface area contributed by atoms with Gasteiger partial charge in [-0.25, -0.2) is 0 Å². The third-order valence-electron chi connectivity index (χ3n) is 3.54. The van der Waals surface area contributed by atoms with Crippen molar-refractivity contribution in [1.29, 1.82) is 0 Å². The first kappa shape index (κ1) is 12.3. The Hall–Kier alpha value is -1.75. The molecular formula is C14H18N2O3. The molecule has 2 unspecified atom stereocenters. The monoisotopic (exact) mass is 262 g/mol. The van der Waals surface area contributed by atoms with Gasteiger partial charge in [-0.1, -0.05) is 6.92 Å². The van der Waals surface area contributed by atoms with E-state index in [0.29, 0.717) is 23.0 Å². The predicted molar refractivity (Wildman–Crippen MR) is 70.5 cm³/mol. The van der Waals surface area contributed by atoms with Crippen LogP contribution in [0, 0.1) is 5.92 Å². The lowest BCUT2D eigenvalue weighted by Gasteiger charge is -2.28. The van der Waals surface area contributed by atoms with Gasteiger partial charge in [-0.05, 0) is 37.1 Å². The van der Waals surface area contributed by atoms with Gasteiger partial charge in [0, 0.05) is 18.2 Å². The number of fused-ring (bicyclic) bond motifs is 1. The van der Waals surface area contributed by atoms with Crippen LogP contribution in [0.3, 0.4) is 0 Å². The minimum atomic E-state index is -0.0563. The number of carbonyl (C=O) groups excluding carboxylic acids is 1. The second kappa shape index (κ2) is 5.09. The van der Waals surface area contributed by atoms with Crippen LogP contribution in [0.15, 0.2) is 18.2 Å². The molecule has 2 atom stereocenters. The van der Waals surface area contributed by atoms with E-state index < -0.39 is 0 Å². The van der Waals surface area contributed by atoms with Crippen molar-refractivity contribution >= 4 is 5.91 Å². The summed E-state index contributed by atoms with van der Waals surface area (Å²) in [5, 5.41) is 6.38. The van der Waals surface area contributed by atoms with Gasteiger partial charge in [0.15, 0.2) is 11.5 Å². The van der Waals surface area contributed by atoms with E-state index in [1.165, 1.54) is 0 Å². The number of hydrogen-bond acceptors (Lipinski definition) is 4. The van der Waals surface area contributed by atoms with Crippen LogP contribution in [-0.2, 0) is 0 Å². The van der Waals surface area contributed by atoms with Crippen LogP contribution in [0.2, 0.25) is 0 Å². The predicted octanol–water partition coefficient (Wildman–Crippen LogP) is 1.14. The average molecular weight is 262 g/mol. The highest BCUT2D eigenvalue weighted by atomic mass is 16.7. The molecule has 19 heavy (non-hydrogen) atoms. The van der Waals surface area contributed by atoms with Crippen LogP contribution in [0.1, 0.15) is 23.7 Å². The number of ether oxygens (including phenoxy) is 2. The highest BCUT2D eigenvalue weighted by Crippen LogP contribution is 2.32. The summed E-state index contributed by atoms with van der Waals surface area (Å²) in [5.41, 5.74) is 0.613. The number of carbonyl (C=O) groups is 1. The Balaban J connectivity index is 1.67. The van der Waals surface area contributed by atoms with Crippen molar-refractivity contribution in [3.8, 4) is 11.5 Å². The van der Waals surface area contributed by atoms with Crippen molar-refractivity contribution in [1.82, 2.24) is 10.6 Å². The summed E-state index contributed by atoms with van der Waals surface area (Å²) in [6.07, 6.45) is 1.02. The number of hydrogen-bond donors (Lipinski definition) is 2. The zero-order valence-electron chi connectivity index (χ0n) is 10.9. The molecule has 5 heteroatoms. The van der Waals surface area contributed by atoms with Crippen LogP contribution in [0.5, 0.6) is 11.5 Å². The summed E-state index contributed by atoms with van der Waals surface area (Å²) < 4.78 is 10.5. The second-order valence-electron chi connectivity index (χ2n) is 5.24. The number of rotatable bonds is 2. The van der Waals surface area contributed by atoms with Gasteiger partial charge in [0.25, 0.3) is 5.91 Å². The van der Waals surface area contributed by atoms with Crippen LogP contribution in [0.4, 0.5) is 0 Å². The Morgan fingerprint density at radius 2 is 2.16 bits per heavy atom. The average Bonchev–Trinajstić information content (AvgIpc) is 2.85. The van der Waals surface area contributed by atoms with Crippen molar-refractivity contribution in [2.45, 2.75) is 19.4 Å². The first-order chi connectivity index (χ1) is 9.22. The van der Waals surface area contributed by atoms with E-state index in [4.69, 9.17) is 9.47 Å². The van der Waals surface area contributed by atoms with E-state index in [1.807, 2.05) is 0 Å². The molecule has 102 valence electrons. The second-order valence-corrected chi connectivity index (χ2v) is 5.24. The first-order valence-corrected chi connectivity index (χ1v) is 6.63. The molecule has 0 aromatic heterocycles. The third-order valence-corrected chi connectivity index (χ3v) is 3.54. The normalized spacial score (nSPS) is 25.1. The lowest BCUT2D eigenvalue weighted by atomic mass is 9.97. The minimum absolute atomic E-state index is 0.0563. The van der Waals surface area contributed by atoms with Gasteiger partial charge in [-0.2, -0.15) is 0 Å². The zero-order valence-corrected chi connectivity index (χ0v) is 10.9. The molecule has 1 aromatic carbocycles. The summed E-state index contributed by atoms with van der Waals surface area (Å²) in [4.78, 5) is 12.2. The molecule has 0 spiro atoms. The summed E-state index contributed by atoms with van der Waals surface area (Å²) in [6, 6.07) is 5.47. The van der Waals surface area contributed by atoms with Crippen molar-refractivity contribution in [2.24, 2.45) is 5.92 Å². The number of amides is 1. The van der Waals surface area contributed by atoms with Crippen molar-refractivity contribution in [3.63, 3.8) is 0 Å². The van der Waals surface area contributed by atoms with Gasteiger partial charge in [0.05, 0.1) is 0 Å².